The fraction of sp³-hybridized carbons (Fsp3) is 0.500. The van der Waals surface area contributed by atoms with Gasteiger partial charge >= 0.3 is 11.9 Å². The molecule has 7 heteroatoms. The predicted octanol–water partition coefficient (Wildman–Crippen LogP) is 1.46. The van der Waals surface area contributed by atoms with Gasteiger partial charge in [0, 0.05) is 13.1 Å². The van der Waals surface area contributed by atoms with Crippen LogP contribution in [-0.4, -0.2) is 35.7 Å². The largest absolute Gasteiger partial charge is 0.488 e. The van der Waals surface area contributed by atoms with Gasteiger partial charge in [0.1, 0.15) is 11.3 Å². The Hall–Kier alpha value is -2.15. The summed E-state index contributed by atoms with van der Waals surface area (Å²) in [6.45, 7) is 3.14. The molecular formula is C14H19NO6. The van der Waals surface area contributed by atoms with Crippen molar-refractivity contribution in [3.63, 3.8) is 0 Å². The Labute approximate surface area is 122 Å². The Morgan fingerprint density at radius 1 is 1.33 bits per heavy atom. The fourth-order valence-electron chi connectivity index (χ4n) is 1.59. The van der Waals surface area contributed by atoms with Crippen molar-refractivity contribution in [3.05, 3.63) is 17.5 Å². The Balaban J connectivity index is 3.30. The van der Waals surface area contributed by atoms with E-state index in [0.717, 1.165) is 12.8 Å². The summed E-state index contributed by atoms with van der Waals surface area (Å²) in [6, 6.07) is 0. The minimum absolute atomic E-state index is 0.0311. The van der Waals surface area contributed by atoms with E-state index in [4.69, 9.17) is 9.47 Å². The van der Waals surface area contributed by atoms with Gasteiger partial charge in [-0.15, -0.1) is 0 Å². The molecule has 0 amide bonds. The standard InChI is InChI=1S/C14H19NO6/c1-4-5-6-20-13-11(8-16)15-7-10(14(18)19-3)12(13)21-9(2)17/h7,16H,4-6,8H2,1-3H3. The molecule has 1 rings (SSSR count). The number of carbonyl (C=O) groups excluding carboxylic acids is 2. The maximum absolute atomic E-state index is 11.7. The van der Waals surface area contributed by atoms with Gasteiger partial charge in [0.05, 0.1) is 20.3 Å². The molecule has 0 aliphatic heterocycles. The van der Waals surface area contributed by atoms with E-state index < -0.39 is 18.5 Å². The molecule has 0 saturated heterocycles. The Morgan fingerprint density at radius 2 is 2.05 bits per heavy atom. The molecule has 0 bridgehead atoms. The van der Waals surface area contributed by atoms with Gasteiger partial charge in [0.15, 0.2) is 11.5 Å². The topological polar surface area (TPSA) is 95.0 Å². The van der Waals surface area contributed by atoms with Crippen LogP contribution in [0.1, 0.15) is 42.7 Å². The van der Waals surface area contributed by atoms with E-state index in [-0.39, 0.29) is 22.8 Å². The van der Waals surface area contributed by atoms with Crippen molar-refractivity contribution in [1.29, 1.82) is 0 Å². The summed E-state index contributed by atoms with van der Waals surface area (Å²) in [7, 11) is 1.21. The molecule has 0 atom stereocenters. The summed E-state index contributed by atoms with van der Waals surface area (Å²) >= 11 is 0. The lowest BCUT2D eigenvalue weighted by atomic mass is 10.2. The number of methoxy groups -OCH3 is 1. The zero-order valence-corrected chi connectivity index (χ0v) is 12.3. The lowest BCUT2D eigenvalue weighted by Gasteiger charge is -2.15. The molecule has 0 radical (unpaired) electrons. The number of hydrogen-bond donors (Lipinski definition) is 1. The van der Waals surface area contributed by atoms with E-state index in [2.05, 4.69) is 9.72 Å². The predicted molar refractivity (Wildman–Crippen MR) is 73.2 cm³/mol. The van der Waals surface area contributed by atoms with Crippen LogP contribution in [0.5, 0.6) is 11.5 Å². The van der Waals surface area contributed by atoms with Crippen molar-refractivity contribution in [2.75, 3.05) is 13.7 Å². The van der Waals surface area contributed by atoms with Crippen LogP contribution in [-0.2, 0) is 16.1 Å². The summed E-state index contributed by atoms with van der Waals surface area (Å²) in [5.74, 6) is -1.31. The number of esters is 2. The molecule has 0 fully saturated rings. The Morgan fingerprint density at radius 3 is 2.57 bits per heavy atom. The minimum atomic E-state index is -0.705. The third-order valence-corrected chi connectivity index (χ3v) is 2.61. The highest BCUT2D eigenvalue weighted by atomic mass is 16.6. The van der Waals surface area contributed by atoms with Gasteiger partial charge in [0.25, 0.3) is 0 Å². The number of unbranched alkanes of at least 4 members (excludes halogenated alkanes) is 1. The van der Waals surface area contributed by atoms with Gasteiger partial charge in [-0.2, -0.15) is 0 Å². The first kappa shape index (κ1) is 16.9. The van der Waals surface area contributed by atoms with Crippen LogP contribution in [0.4, 0.5) is 0 Å². The van der Waals surface area contributed by atoms with E-state index in [1.165, 1.54) is 20.2 Å². The van der Waals surface area contributed by atoms with E-state index in [1.807, 2.05) is 6.92 Å². The van der Waals surface area contributed by atoms with Crippen molar-refractivity contribution >= 4 is 11.9 Å². The first-order chi connectivity index (χ1) is 10.0. The Bertz CT molecular complexity index is 514. The molecule has 0 aromatic carbocycles. The number of rotatable bonds is 7. The van der Waals surface area contributed by atoms with Crippen LogP contribution in [0, 0.1) is 0 Å². The molecule has 0 saturated carbocycles. The average Bonchev–Trinajstić information content (AvgIpc) is 2.47. The summed E-state index contributed by atoms with van der Waals surface area (Å²) in [5.41, 5.74) is 0.159. The zero-order chi connectivity index (χ0) is 15.8. The van der Waals surface area contributed by atoms with Crippen molar-refractivity contribution in [2.24, 2.45) is 0 Å². The highest BCUT2D eigenvalue weighted by Crippen LogP contribution is 2.34. The SMILES string of the molecule is CCCCOc1c(CO)ncc(C(=O)OC)c1OC(C)=O. The summed E-state index contributed by atoms with van der Waals surface area (Å²) in [6.07, 6.45) is 2.86. The Kier molecular flexibility index (Phi) is 6.61. The highest BCUT2D eigenvalue weighted by molar-refractivity contribution is 5.94. The molecule has 0 spiro atoms. The quantitative estimate of drug-likeness (QED) is 0.601. The van der Waals surface area contributed by atoms with E-state index >= 15 is 0 Å². The molecule has 0 aliphatic rings. The molecule has 21 heavy (non-hydrogen) atoms. The molecular weight excluding hydrogens is 278 g/mol. The van der Waals surface area contributed by atoms with Gasteiger partial charge in [0.2, 0.25) is 0 Å². The van der Waals surface area contributed by atoms with E-state index in [9.17, 15) is 14.7 Å². The van der Waals surface area contributed by atoms with Crippen molar-refractivity contribution < 1.29 is 28.9 Å². The number of nitrogens with zero attached hydrogens (tertiary/aromatic N) is 1. The third-order valence-electron chi connectivity index (χ3n) is 2.61. The second kappa shape index (κ2) is 8.21. The van der Waals surface area contributed by atoms with Crippen LogP contribution in [0.2, 0.25) is 0 Å². The maximum Gasteiger partial charge on any atom is 0.343 e. The maximum atomic E-state index is 11.7. The van der Waals surface area contributed by atoms with Crippen LogP contribution in [0.25, 0.3) is 0 Å². The molecule has 0 unspecified atom stereocenters. The number of aliphatic hydroxyl groups is 1. The van der Waals surface area contributed by atoms with E-state index in [0.29, 0.717) is 6.61 Å². The van der Waals surface area contributed by atoms with Crippen molar-refractivity contribution in [1.82, 2.24) is 4.98 Å². The number of ether oxygens (including phenoxy) is 3. The number of carbonyl (C=O) groups is 2. The van der Waals surface area contributed by atoms with Gasteiger partial charge in [-0.3, -0.25) is 9.78 Å². The lowest BCUT2D eigenvalue weighted by molar-refractivity contribution is -0.132. The van der Waals surface area contributed by atoms with E-state index in [1.54, 1.807) is 0 Å². The first-order valence-corrected chi connectivity index (χ1v) is 6.57. The van der Waals surface area contributed by atoms with Crippen molar-refractivity contribution in [3.8, 4) is 11.5 Å². The molecule has 0 aliphatic carbocycles. The van der Waals surface area contributed by atoms with Crippen LogP contribution in [0.3, 0.4) is 0 Å². The summed E-state index contributed by atoms with van der Waals surface area (Å²) in [4.78, 5) is 26.9. The number of aromatic nitrogens is 1. The average molecular weight is 297 g/mol. The number of pyridine rings is 1. The lowest BCUT2D eigenvalue weighted by Crippen LogP contribution is -2.13. The van der Waals surface area contributed by atoms with Crippen LogP contribution >= 0.6 is 0 Å². The van der Waals surface area contributed by atoms with Gasteiger partial charge < -0.3 is 19.3 Å². The first-order valence-electron chi connectivity index (χ1n) is 6.57. The van der Waals surface area contributed by atoms with Gasteiger partial charge in [-0.25, -0.2) is 4.79 Å². The van der Waals surface area contributed by atoms with Crippen LogP contribution in [0.15, 0.2) is 6.20 Å². The van der Waals surface area contributed by atoms with Crippen LogP contribution < -0.4 is 9.47 Å². The second-order valence-electron chi connectivity index (χ2n) is 4.22. The number of aliphatic hydroxyl groups excluding tert-OH is 1. The van der Waals surface area contributed by atoms with Crippen molar-refractivity contribution in [2.45, 2.75) is 33.3 Å². The van der Waals surface area contributed by atoms with Gasteiger partial charge in [-0.05, 0) is 6.42 Å². The minimum Gasteiger partial charge on any atom is -0.488 e. The third kappa shape index (κ3) is 4.42. The molecule has 1 aromatic rings. The number of hydrogen-bond acceptors (Lipinski definition) is 7. The second-order valence-corrected chi connectivity index (χ2v) is 4.22. The normalized spacial score (nSPS) is 10.1. The summed E-state index contributed by atoms with van der Waals surface area (Å²) in [5, 5.41) is 9.32. The van der Waals surface area contributed by atoms with Gasteiger partial charge in [-0.1, -0.05) is 13.3 Å². The molecule has 1 heterocycles. The monoisotopic (exact) mass is 297 g/mol. The molecule has 1 aromatic heterocycles. The summed E-state index contributed by atoms with van der Waals surface area (Å²) < 4.78 is 15.2. The fourth-order valence-corrected chi connectivity index (χ4v) is 1.59. The zero-order valence-electron chi connectivity index (χ0n) is 12.3. The molecule has 7 nitrogen and oxygen atoms in total. The smallest absolute Gasteiger partial charge is 0.343 e. The highest BCUT2D eigenvalue weighted by Gasteiger charge is 2.24. The molecule has 1 N–H and O–H groups in total. The molecule has 116 valence electrons.